The zero-order valence-corrected chi connectivity index (χ0v) is 30.1. The van der Waals surface area contributed by atoms with E-state index in [0.29, 0.717) is 25.8 Å². The Balaban J connectivity index is 1.50. The number of imidazole rings is 1. The second kappa shape index (κ2) is 15.0. The molecule has 1 amide bonds. The second-order valence-corrected chi connectivity index (χ2v) is 13.0. The largest absolute Gasteiger partial charge is 0.469 e. The highest BCUT2D eigenvalue weighted by atomic mass is 16.5. The Bertz CT molecular complexity index is 2260. The van der Waals surface area contributed by atoms with Crippen LogP contribution in [0.25, 0.3) is 50.4 Å². The van der Waals surface area contributed by atoms with Gasteiger partial charge < -0.3 is 24.6 Å². The summed E-state index contributed by atoms with van der Waals surface area (Å²) in [5.41, 5.74) is 14.9. The van der Waals surface area contributed by atoms with E-state index in [9.17, 15) is 9.59 Å². The summed E-state index contributed by atoms with van der Waals surface area (Å²) in [6.07, 6.45) is 11.5. The van der Waals surface area contributed by atoms with Crippen molar-refractivity contribution in [3.63, 3.8) is 0 Å². The number of amides is 1. The highest BCUT2D eigenvalue weighted by Gasteiger charge is 2.22. The minimum atomic E-state index is -0.280. The van der Waals surface area contributed by atoms with E-state index in [4.69, 9.17) is 14.7 Å². The fourth-order valence-electron chi connectivity index (χ4n) is 6.87. The molecule has 0 radical (unpaired) electrons. The molecule has 3 N–H and O–H groups in total. The van der Waals surface area contributed by atoms with Crippen LogP contribution in [0.2, 0.25) is 0 Å². The Morgan fingerprint density at radius 1 is 0.843 bits per heavy atom. The number of methoxy groups -OCH3 is 1. The van der Waals surface area contributed by atoms with Crippen LogP contribution in [-0.4, -0.2) is 55.0 Å². The van der Waals surface area contributed by atoms with Crippen LogP contribution >= 0.6 is 0 Å². The standard InChI is InChI=1S/C41H45N7O3/c1-8-28-24(3)32-19-33-27(6)31(12-14-41(50)51-7)39(46-33)22-38-30(11-13-40(49)43-15-10-17-48-18-16-42-23-48)26(5)35(47-38)21-37-29(9-2)25(4)34(45-37)20-36(28)44-32/h8-9,16,18-23,45,47H,1-2,10-15,17H2,3-7H3,(H,43,49). The molecule has 10 heteroatoms. The normalized spacial score (nSPS) is 12.7. The van der Waals surface area contributed by atoms with Crippen LogP contribution in [0.15, 0.2) is 62.2 Å². The van der Waals surface area contributed by atoms with E-state index in [1.165, 1.54) is 7.11 Å². The molecule has 2 aliphatic heterocycles. The summed E-state index contributed by atoms with van der Waals surface area (Å²) in [6.45, 7) is 17.8. The van der Waals surface area contributed by atoms with E-state index in [-0.39, 0.29) is 18.3 Å². The van der Waals surface area contributed by atoms with Crippen molar-refractivity contribution in [2.75, 3.05) is 13.7 Å². The van der Waals surface area contributed by atoms with Crippen molar-refractivity contribution >= 4 is 62.3 Å². The van der Waals surface area contributed by atoms with Gasteiger partial charge >= 0.3 is 5.97 Å². The van der Waals surface area contributed by atoms with Crippen molar-refractivity contribution in [1.82, 2.24) is 34.8 Å². The van der Waals surface area contributed by atoms with Crippen molar-refractivity contribution in [2.45, 2.75) is 66.3 Å². The van der Waals surface area contributed by atoms with E-state index < -0.39 is 0 Å². The number of carbonyl (C=O) groups excluding carboxylic acids is 2. The Hall–Kier alpha value is -5.77. The third-order valence-electron chi connectivity index (χ3n) is 9.93. The number of hydrogen-bond acceptors (Lipinski definition) is 6. The van der Waals surface area contributed by atoms with Crippen molar-refractivity contribution in [3.8, 4) is 0 Å². The number of hydrogen-bond donors (Lipinski definition) is 3. The molecule has 4 aromatic heterocycles. The number of aromatic nitrogens is 6. The first-order valence-corrected chi connectivity index (χ1v) is 17.3. The molecule has 10 nitrogen and oxygen atoms in total. The minimum Gasteiger partial charge on any atom is -0.469 e. The lowest BCUT2D eigenvalue weighted by Crippen LogP contribution is -2.25. The third-order valence-corrected chi connectivity index (χ3v) is 9.93. The molecule has 0 aliphatic carbocycles. The number of nitrogens with one attached hydrogen (secondary N) is 3. The number of H-pyrrole nitrogens is 2. The fourth-order valence-corrected chi connectivity index (χ4v) is 6.87. The molecule has 6 rings (SSSR count). The predicted molar refractivity (Wildman–Crippen MR) is 205 cm³/mol. The number of aryl methyl sites for hydroxylation is 4. The number of allylic oxidation sites excluding steroid dienone is 5. The molecule has 0 saturated carbocycles. The number of rotatable bonds is 12. The molecule has 8 bridgehead atoms. The monoisotopic (exact) mass is 683 g/mol. The topological polar surface area (TPSA) is 131 Å². The lowest BCUT2D eigenvalue weighted by Gasteiger charge is -2.07. The lowest BCUT2D eigenvalue weighted by molar-refractivity contribution is -0.140. The first-order chi connectivity index (χ1) is 24.6. The highest BCUT2D eigenvalue weighted by Crippen LogP contribution is 2.37. The molecule has 0 aromatic carbocycles. The number of ether oxygens (including phenoxy) is 1. The zero-order chi connectivity index (χ0) is 36.2. The molecule has 0 fully saturated rings. The Kier molecular flexibility index (Phi) is 10.3. The Morgan fingerprint density at radius 3 is 2.29 bits per heavy atom. The summed E-state index contributed by atoms with van der Waals surface area (Å²) in [5, 5.41) is 3.07. The summed E-state index contributed by atoms with van der Waals surface area (Å²) >= 11 is 0. The molecule has 262 valence electrons. The third kappa shape index (κ3) is 7.26. The lowest BCUT2D eigenvalue weighted by atomic mass is 10.00. The van der Waals surface area contributed by atoms with Crippen molar-refractivity contribution in [3.05, 3.63) is 107 Å². The molecule has 0 atom stereocenters. The van der Waals surface area contributed by atoms with Crippen molar-refractivity contribution in [2.24, 2.45) is 0 Å². The van der Waals surface area contributed by atoms with Gasteiger partial charge in [0.2, 0.25) is 5.91 Å². The van der Waals surface area contributed by atoms with Crippen LogP contribution < -0.4 is 5.32 Å². The number of fused-ring (bicyclic) bond motifs is 8. The van der Waals surface area contributed by atoms with E-state index in [0.717, 1.165) is 102 Å². The quantitative estimate of drug-likeness (QED) is 0.103. The molecular weight excluding hydrogens is 638 g/mol. The molecule has 0 spiro atoms. The van der Waals surface area contributed by atoms with Gasteiger partial charge in [-0.25, -0.2) is 15.0 Å². The fraction of sp³-hybridized carbons (Fsp3) is 0.293. The van der Waals surface area contributed by atoms with Gasteiger partial charge in [-0.1, -0.05) is 25.3 Å². The second-order valence-electron chi connectivity index (χ2n) is 13.0. The highest BCUT2D eigenvalue weighted by molar-refractivity contribution is 5.98. The van der Waals surface area contributed by atoms with Crippen LogP contribution in [0.4, 0.5) is 0 Å². The first kappa shape index (κ1) is 35.1. The van der Waals surface area contributed by atoms with Crippen LogP contribution in [-0.2, 0) is 27.3 Å². The summed E-state index contributed by atoms with van der Waals surface area (Å²) < 4.78 is 6.98. The van der Waals surface area contributed by atoms with Gasteiger partial charge in [-0.2, -0.15) is 0 Å². The average molecular weight is 684 g/mol. The van der Waals surface area contributed by atoms with Gasteiger partial charge in [-0.15, -0.1) is 0 Å². The summed E-state index contributed by atoms with van der Waals surface area (Å²) in [5.74, 6) is -0.281. The zero-order valence-electron chi connectivity index (χ0n) is 30.1. The maximum Gasteiger partial charge on any atom is 0.305 e. The molecule has 2 aliphatic rings. The number of esters is 1. The predicted octanol–water partition coefficient (Wildman–Crippen LogP) is 7.91. The summed E-state index contributed by atoms with van der Waals surface area (Å²) in [7, 11) is 1.40. The summed E-state index contributed by atoms with van der Waals surface area (Å²) in [6, 6.07) is 8.22. The van der Waals surface area contributed by atoms with E-state index in [1.54, 1.807) is 12.5 Å². The number of carbonyl (C=O) groups is 2. The molecule has 6 heterocycles. The molecule has 51 heavy (non-hydrogen) atoms. The van der Waals surface area contributed by atoms with Gasteiger partial charge in [-0.05, 0) is 105 Å². The van der Waals surface area contributed by atoms with Gasteiger partial charge in [0.05, 0.1) is 36.2 Å². The molecule has 4 aromatic rings. The van der Waals surface area contributed by atoms with Gasteiger partial charge in [0.15, 0.2) is 0 Å². The van der Waals surface area contributed by atoms with E-state index >= 15 is 0 Å². The van der Waals surface area contributed by atoms with Gasteiger partial charge in [0.1, 0.15) is 0 Å². The van der Waals surface area contributed by atoms with Gasteiger partial charge in [0, 0.05) is 71.5 Å². The smallest absolute Gasteiger partial charge is 0.305 e. The van der Waals surface area contributed by atoms with Crippen LogP contribution in [0.5, 0.6) is 0 Å². The molecule has 0 saturated heterocycles. The maximum atomic E-state index is 13.0. The SMILES string of the molecule is C=CC1=C(C)c2cc3nc(cc4[nH]c(cc5[nH]c(cc1n2)c(C)c5C=C)c(C)c4CCC(=O)NCCCn1ccnc1)C(CCC(=O)OC)=C3C. The Labute approximate surface area is 298 Å². The number of nitrogens with zero attached hydrogens (tertiary/aromatic N) is 4. The van der Waals surface area contributed by atoms with Gasteiger partial charge in [-0.3, -0.25) is 9.59 Å². The van der Waals surface area contributed by atoms with Gasteiger partial charge in [0.25, 0.3) is 0 Å². The number of aromatic amines is 2. The Morgan fingerprint density at radius 2 is 1.57 bits per heavy atom. The van der Waals surface area contributed by atoms with Crippen molar-refractivity contribution < 1.29 is 14.3 Å². The van der Waals surface area contributed by atoms with Crippen LogP contribution in [0.3, 0.4) is 0 Å². The summed E-state index contributed by atoms with van der Waals surface area (Å²) in [4.78, 5) is 46.8. The van der Waals surface area contributed by atoms with Crippen LogP contribution in [0.1, 0.15) is 84.6 Å². The van der Waals surface area contributed by atoms with E-state index in [2.05, 4.69) is 59.4 Å². The molecular formula is C41H45N7O3. The first-order valence-electron chi connectivity index (χ1n) is 17.3. The van der Waals surface area contributed by atoms with E-state index in [1.807, 2.05) is 48.9 Å². The van der Waals surface area contributed by atoms with Crippen LogP contribution in [0, 0.1) is 13.8 Å². The minimum absolute atomic E-state index is 0.00111. The maximum absolute atomic E-state index is 13.0. The molecule has 0 unspecified atom stereocenters. The average Bonchev–Trinajstić information content (AvgIpc) is 3.92. The van der Waals surface area contributed by atoms with Crippen molar-refractivity contribution in [1.29, 1.82) is 0 Å².